The van der Waals surface area contributed by atoms with Crippen LogP contribution >= 0.6 is 0 Å². The van der Waals surface area contributed by atoms with Crippen LogP contribution in [0.2, 0.25) is 0 Å². The average Bonchev–Trinajstić information content (AvgIpc) is 2.73. The first-order valence-corrected chi connectivity index (χ1v) is 7.30. The number of anilines is 1. The Hall–Kier alpha value is -1.56. The fourth-order valence-corrected chi connectivity index (χ4v) is 1.87. The molecule has 0 saturated heterocycles. The minimum atomic E-state index is -0.168. The molecule has 0 bridgehead atoms. The van der Waals surface area contributed by atoms with Gasteiger partial charge in [-0.2, -0.15) is 5.10 Å². The molecule has 6 nitrogen and oxygen atoms in total. The third kappa shape index (κ3) is 4.52. The van der Waals surface area contributed by atoms with Gasteiger partial charge in [0.1, 0.15) is 5.69 Å². The van der Waals surface area contributed by atoms with Crippen LogP contribution in [0.5, 0.6) is 0 Å². The molecule has 114 valence electrons. The fourth-order valence-electron chi connectivity index (χ4n) is 1.87. The lowest BCUT2D eigenvalue weighted by atomic mass is 10.3. The molecular formula is C14H26N4O2. The van der Waals surface area contributed by atoms with Gasteiger partial charge in [-0.05, 0) is 26.7 Å². The quantitative estimate of drug-likeness (QED) is 0.676. The van der Waals surface area contributed by atoms with Crippen LogP contribution in [0, 0.1) is 6.92 Å². The second-order valence-electron chi connectivity index (χ2n) is 4.74. The predicted molar refractivity (Wildman–Crippen MR) is 79.7 cm³/mol. The highest BCUT2D eigenvalue weighted by molar-refractivity contribution is 5.97. The highest BCUT2D eigenvalue weighted by Gasteiger charge is 2.18. The molecule has 0 aliphatic carbocycles. The van der Waals surface area contributed by atoms with Crippen molar-refractivity contribution in [2.24, 2.45) is 0 Å². The first-order valence-electron chi connectivity index (χ1n) is 7.30. The van der Waals surface area contributed by atoms with Crippen LogP contribution in [0.1, 0.15) is 49.3 Å². The van der Waals surface area contributed by atoms with Crippen molar-refractivity contribution in [2.75, 3.05) is 25.5 Å². The summed E-state index contributed by atoms with van der Waals surface area (Å²) in [6.07, 6.45) is 3.02. The summed E-state index contributed by atoms with van der Waals surface area (Å²) in [5.74, 6) is -0.168. The number of aromatic nitrogens is 2. The zero-order valence-electron chi connectivity index (χ0n) is 12.7. The molecule has 0 aromatic carbocycles. The van der Waals surface area contributed by atoms with Gasteiger partial charge < -0.3 is 15.8 Å². The van der Waals surface area contributed by atoms with E-state index in [1.165, 1.54) is 0 Å². The predicted octanol–water partition coefficient (Wildman–Crippen LogP) is 1.73. The SMILES string of the molecule is CCCCOCCCNC(=O)c1c(N)c(C)nn1CC. The smallest absolute Gasteiger partial charge is 0.271 e. The van der Waals surface area contributed by atoms with Gasteiger partial charge in [-0.15, -0.1) is 0 Å². The molecule has 3 N–H and O–H groups in total. The topological polar surface area (TPSA) is 82.2 Å². The van der Waals surface area contributed by atoms with Gasteiger partial charge in [0.25, 0.3) is 5.91 Å². The zero-order valence-corrected chi connectivity index (χ0v) is 12.7. The Morgan fingerprint density at radius 3 is 2.70 bits per heavy atom. The molecule has 0 saturated carbocycles. The Labute approximate surface area is 120 Å². The van der Waals surface area contributed by atoms with Crippen LogP contribution in [0.15, 0.2) is 0 Å². The Bertz CT molecular complexity index is 429. The third-order valence-corrected chi connectivity index (χ3v) is 3.08. The van der Waals surface area contributed by atoms with Crippen LogP contribution in [-0.4, -0.2) is 35.4 Å². The molecule has 6 heteroatoms. The van der Waals surface area contributed by atoms with E-state index in [1.54, 1.807) is 11.6 Å². The second-order valence-corrected chi connectivity index (χ2v) is 4.74. The second kappa shape index (κ2) is 8.58. The number of hydrogen-bond acceptors (Lipinski definition) is 4. The summed E-state index contributed by atoms with van der Waals surface area (Å²) in [5.41, 5.74) is 7.51. The molecule has 1 heterocycles. The third-order valence-electron chi connectivity index (χ3n) is 3.08. The molecule has 0 spiro atoms. The fraction of sp³-hybridized carbons (Fsp3) is 0.714. The Balaban J connectivity index is 2.36. The summed E-state index contributed by atoms with van der Waals surface area (Å²) < 4.78 is 7.08. The van der Waals surface area contributed by atoms with E-state index in [-0.39, 0.29) is 5.91 Å². The van der Waals surface area contributed by atoms with Gasteiger partial charge in [0.2, 0.25) is 0 Å². The molecule has 20 heavy (non-hydrogen) atoms. The molecule has 0 fully saturated rings. The van der Waals surface area contributed by atoms with Crippen molar-refractivity contribution in [3.8, 4) is 0 Å². The van der Waals surface area contributed by atoms with Gasteiger partial charge in [0.05, 0.1) is 11.4 Å². The number of nitrogens with two attached hydrogens (primary N) is 1. The van der Waals surface area contributed by atoms with Crippen molar-refractivity contribution in [3.63, 3.8) is 0 Å². The van der Waals surface area contributed by atoms with Crippen LogP contribution in [-0.2, 0) is 11.3 Å². The molecule has 0 atom stereocenters. The number of hydrogen-bond donors (Lipinski definition) is 2. The van der Waals surface area contributed by atoms with Crippen molar-refractivity contribution >= 4 is 11.6 Å². The summed E-state index contributed by atoms with van der Waals surface area (Å²) in [5, 5.41) is 7.09. The maximum Gasteiger partial charge on any atom is 0.271 e. The number of ether oxygens (including phenoxy) is 1. The van der Waals surface area contributed by atoms with E-state index in [2.05, 4.69) is 17.3 Å². The number of amides is 1. The molecule has 0 radical (unpaired) electrons. The van der Waals surface area contributed by atoms with E-state index in [0.717, 1.165) is 25.9 Å². The van der Waals surface area contributed by atoms with Crippen molar-refractivity contribution in [1.82, 2.24) is 15.1 Å². The molecule has 0 aliphatic rings. The number of unbranched alkanes of at least 4 members (excludes halogenated alkanes) is 1. The van der Waals surface area contributed by atoms with E-state index in [1.807, 2.05) is 6.92 Å². The molecule has 0 unspecified atom stereocenters. The summed E-state index contributed by atoms with van der Waals surface area (Å²) in [6.45, 7) is 8.54. The lowest BCUT2D eigenvalue weighted by Crippen LogP contribution is -2.28. The summed E-state index contributed by atoms with van der Waals surface area (Å²) in [6, 6.07) is 0. The first kappa shape index (κ1) is 16.5. The maximum absolute atomic E-state index is 12.1. The van der Waals surface area contributed by atoms with Gasteiger partial charge in [-0.1, -0.05) is 13.3 Å². The van der Waals surface area contributed by atoms with Gasteiger partial charge in [0.15, 0.2) is 0 Å². The summed E-state index contributed by atoms with van der Waals surface area (Å²) >= 11 is 0. The van der Waals surface area contributed by atoms with Crippen LogP contribution in [0.3, 0.4) is 0 Å². The molecule has 1 aromatic heterocycles. The number of nitrogen functional groups attached to an aromatic ring is 1. The number of carbonyl (C=O) groups excluding carboxylic acids is 1. The van der Waals surface area contributed by atoms with Crippen molar-refractivity contribution in [1.29, 1.82) is 0 Å². The van der Waals surface area contributed by atoms with Crippen molar-refractivity contribution in [2.45, 2.75) is 46.6 Å². The standard InChI is InChI=1S/C14H26N4O2/c1-4-6-9-20-10-7-8-16-14(19)13-12(15)11(3)17-18(13)5-2/h4-10,15H2,1-3H3,(H,16,19). The maximum atomic E-state index is 12.1. The zero-order chi connectivity index (χ0) is 15.0. The van der Waals surface area contributed by atoms with Crippen LogP contribution in [0.4, 0.5) is 5.69 Å². The number of carbonyl (C=O) groups is 1. The van der Waals surface area contributed by atoms with Crippen molar-refractivity contribution < 1.29 is 9.53 Å². The minimum absolute atomic E-state index is 0.168. The normalized spacial score (nSPS) is 10.8. The number of nitrogens with one attached hydrogen (secondary N) is 1. The summed E-state index contributed by atoms with van der Waals surface area (Å²) in [4.78, 5) is 12.1. The lowest BCUT2D eigenvalue weighted by molar-refractivity contribution is 0.0931. The Kier molecular flexibility index (Phi) is 7.08. The lowest BCUT2D eigenvalue weighted by Gasteiger charge is -2.08. The monoisotopic (exact) mass is 282 g/mol. The highest BCUT2D eigenvalue weighted by Crippen LogP contribution is 2.15. The average molecular weight is 282 g/mol. The molecule has 1 amide bonds. The molecular weight excluding hydrogens is 256 g/mol. The van der Waals surface area contributed by atoms with E-state index >= 15 is 0 Å². The van der Waals surface area contributed by atoms with Gasteiger partial charge in [0, 0.05) is 26.3 Å². The minimum Gasteiger partial charge on any atom is -0.395 e. The Morgan fingerprint density at radius 2 is 2.05 bits per heavy atom. The largest absolute Gasteiger partial charge is 0.395 e. The van der Waals surface area contributed by atoms with Gasteiger partial charge >= 0.3 is 0 Å². The highest BCUT2D eigenvalue weighted by atomic mass is 16.5. The van der Waals surface area contributed by atoms with Crippen molar-refractivity contribution in [3.05, 3.63) is 11.4 Å². The van der Waals surface area contributed by atoms with Gasteiger partial charge in [-0.25, -0.2) is 0 Å². The van der Waals surface area contributed by atoms with Gasteiger partial charge in [-0.3, -0.25) is 9.48 Å². The number of nitrogens with zero attached hydrogens (tertiary/aromatic N) is 2. The Morgan fingerprint density at radius 1 is 1.35 bits per heavy atom. The first-order chi connectivity index (χ1) is 9.61. The van der Waals surface area contributed by atoms with Crippen LogP contribution < -0.4 is 11.1 Å². The van der Waals surface area contributed by atoms with E-state index in [9.17, 15) is 4.79 Å². The summed E-state index contributed by atoms with van der Waals surface area (Å²) in [7, 11) is 0. The number of aryl methyl sites for hydroxylation is 2. The molecule has 1 aromatic rings. The molecule has 0 aliphatic heterocycles. The van der Waals surface area contributed by atoms with E-state index < -0.39 is 0 Å². The van der Waals surface area contributed by atoms with E-state index in [0.29, 0.717) is 36.8 Å². The number of rotatable bonds is 9. The molecule has 1 rings (SSSR count). The van der Waals surface area contributed by atoms with E-state index in [4.69, 9.17) is 10.5 Å². The van der Waals surface area contributed by atoms with Crippen LogP contribution in [0.25, 0.3) is 0 Å².